The molecule has 0 spiro atoms. The highest BCUT2D eigenvalue weighted by atomic mass is 19.1. The summed E-state index contributed by atoms with van der Waals surface area (Å²) in [6, 6.07) is 11.0. The lowest BCUT2D eigenvalue weighted by atomic mass is 10.2. The quantitative estimate of drug-likeness (QED) is 0.761. The molecule has 0 aliphatic rings. The Kier molecular flexibility index (Phi) is 4.92. The van der Waals surface area contributed by atoms with Gasteiger partial charge in [0.2, 0.25) is 0 Å². The van der Waals surface area contributed by atoms with E-state index in [4.69, 9.17) is 4.74 Å². The highest BCUT2D eigenvalue weighted by Crippen LogP contribution is 2.11. The van der Waals surface area contributed by atoms with E-state index >= 15 is 0 Å². The van der Waals surface area contributed by atoms with Crippen LogP contribution in [-0.2, 0) is 0 Å². The third kappa shape index (κ3) is 4.20. The van der Waals surface area contributed by atoms with E-state index in [1.807, 2.05) is 0 Å². The maximum Gasteiger partial charge on any atom is 0.337 e. The number of methoxy groups -OCH3 is 1. The monoisotopic (exact) mass is 303 g/mol. The molecule has 0 bridgehead atoms. The molecule has 2 aromatic rings. The summed E-state index contributed by atoms with van der Waals surface area (Å²) in [6.45, 7) is 0. The van der Waals surface area contributed by atoms with E-state index in [-0.39, 0.29) is 0 Å². The smallest absolute Gasteiger partial charge is 0.337 e. The summed E-state index contributed by atoms with van der Waals surface area (Å²) in [7, 11) is 1.52. The predicted octanol–water partition coefficient (Wildman–Crippen LogP) is 2.30. The van der Waals surface area contributed by atoms with Crippen LogP contribution in [0.5, 0.6) is 5.75 Å². The number of hydrogen-bond donors (Lipinski definition) is 3. The Hall–Kier alpha value is -3.09. The van der Waals surface area contributed by atoms with Gasteiger partial charge in [0.05, 0.1) is 7.11 Å². The van der Waals surface area contributed by atoms with Crippen molar-refractivity contribution in [3.63, 3.8) is 0 Å². The van der Waals surface area contributed by atoms with E-state index in [2.05, 4.69) is 16.2 Å². The number of benzene rings is 2. The molecular weight excluding hydrogens is 289 g/mol. The van der Waals surface area contributed by atoms with Gasteiger partial charge >= 0.3 is 6.03 Å². The minimum absolute atomic E-state index is 0.364. The van der Waals surface area contributed by atoms with Crippen LogP contribution in [0.1, 0.15) is 10.4 Å². The average molecular weight is 303 g/mol. The molecule has 22 heavy (non-hydrogen) atoms. The number of carbonyl (C=O) groups excluding carboxylic acids is 2. The Bertz CT molecular complexity index is 657. The van der Waals surface area contributed by atoms with Gasteiger partial charge in [0, 0.05) is 11.3 Å². The zero-order valence-electron chi connectivity index (χ0n) is 11.7. The van der Waals surface area contributed by atoms with Crippen molar-refractivity contribution in [3.8, 4) is 5.75 Å². The Morgan fingerprint density at radius 2 is 1.59 bits per heavy atom. The SMILES string of the molecule is COc1ccc(C(=O)NNC(=O)Nc2ccc(F)cc2)cc1. The number of urea groups is 1. The maximum atomic E-state index is 12.7. The standard InChI is InChI=1S/C15H14FN3O3/c1-22-13-8-2-10(3-9-13)14(20)18-19-15(21)17-12-6-4-11(16)5-7-12/h2-9H,1H3,(H,18,20)(H2,17,19,21). The van der Waals surface area contributed by atoms with Crippen LogP contribution in [-0.4, -0.2) is 19.0 Å². The lowest BCUT2D eigenvalue weighted by Crippen LogP contribution is -2.43. The highest BCUT2D eigenvalue weighted by molar-refractivity contribution is 5.97. The fourth-order valence-corrected chi connectivity index (χ4v) is 1.62. The molecule has 7 heteroatoms. The second kappa shape index (κ2) is 7.07. The maximum absolute atomic E-state index is 12.7. The fourth-order valence-electron chi connectivity index (χ4n) is 1.62. The van der Waals surface area contributed by atoms with Crippen molar-refractivity contribution >= 4 is 17.6 Å². The van der Waals surface area contributed by atoms with Crippen molar-refractivity contribution in [1.82, 2.24) is 10.9 Å². The normalized spacial score (nSPS) is 9.73. The number of rotatable bonds is 3. The van der Waals surface area contributed by atoms with E-state index in [0.717, 1.165) is 0 Å². The molecule has 3 N–H and O–H groups in total. The molecule has 0 atom stereocenters. The van der Waals surface area contributed by atoms with Crippen LogP contribution in [0.15, 0.2) is 48.5 Å². The zero-order chi connectivity index (χ0) is 15.9. The fraction of sp³-hybridized carbons (Fsp3) is 0.0667. The number of halogens is 1. The van der Waals surface area contributed by atoms with Gasteiger partial charge in [-0.25, -0.2) is 14.6 Å². The van der Waals surface area contributed by atoms with Crippen LogP contribution in [0.25, 0.3) is 0 Å². The first kappa shape index (κ1) is 15.3. The van der Waals surface area contributed by atoms with Crippen LogP contribution in [0.2, 0.25) is 0 Å². The van der Waals surface area contributed by atoms with Gasteiger partial charge in [-0.3, -0.25) is 10.2 Å². The lowest BCUT2D eigenvalue weighted by Gasteiger charge is -2.09. The van der Waals surface area contributed by atoms with Gasteiger partial charge in [0.1, 0.15) is 11.6 Å². The molecule has 0 radical (unpaired) electrons. The van der Waals surface area contributed by atoms with Crippen molar-refractivity contribution in [1.29, 1.82) is 0 Å². The summed E-state index contributed by atoms with van der Waals surface area (Å²) in [5, 5.41) is 2.44. The van der Waals surface area contributed by atoms with Gasteiger partial charge in [-0.1, -0.05) is 0 Å². The van der Waals surface area contributed by atoms with Gasteiger partial charge in [-0.2, -0.15) is 0 Å². The molecule has 0 saturated carbocycles. The second-order valence-electron chi connectivity index (χ2n) is 4.27. The molecule has 0 saturated heterocycles. The number of carbonyl (C=O) groups is 2. The number of amides is 3. The Morgan fingerprint density at radius 3 is 2.18 bits per heavy atom. The minimum atomic E-state index is -0.645. The molecule has 0 heterocycles. The molecule has 6 nitrogen and oxygen atoms in total. The van der Waals surface area contributed by atoms with Gasteiger partial charge in [-0.15, -0.1) is 0 Å². The average Bonchev–Trinajstić information content (AvgIpc) is 2.55. The third-order valence-corrected chi connectivity index (χ3v) is 2.74. The number of hydrogen-bond acceptors (Lipinski definition) is 3. The number of nitrogens with one attached hydrogen (secondary N) is 3. The van der Waals surface area contributed by atoms with E-state index in [0.29, 0.717) is 17.0 Å². The first-order valence-corrected chi connectivity index (χ1v) is 6.35. The van der Waals surface area contributed by atoms with Crippen molar-refractivity contribution in [2.75, 3.05) is 12.4 Å². The Morgan fingerprint density at radius 1 is 0.955 bits per heavy atom. The van der Waals surface area contributed by atoms with E-state index < -0.39 is 17.8 Å². The van der Waals surface area contributed by atoms with Crippen molar-refractivity contribution in [2.45, 2.75) is 0 Å². The molecule has 0 fully saturated rings. The molecule has 0 aliphatic carbocycles. The van der Waals surface area contributed by atoms with Gasteiger partial charge in [0.25, 0.3) is 5.91 Å². The summed E-state index contributed by atoms with van der Waals surface area (Å²) in [5.74, 6) is -0.255. The number of ether oxygens (including phenoxy) is 1. The summed E-state index contributed by atoms with van der Waals surface area (Å²) in [5.41, 5.74) is 5.21. The second-order valence-corrected chi connectivity index (χ2v) is 4.27. The van der Waals surface area contributed by atoms with Crippen LogP contribution in [0, 0.1) is 5.82 Å². The first-order chi connectivity index (χ1) is 10.6. The predicted molar refractivity (Wildman–Crippen MR) is 79.0 cm³/mol. The first-order valence-electron chi connectivity index (χ1n) is 6.35. The summed E-state index contributed by atoms with van der Waals surface area (Å²) in [6.07, 6.45) is 0. The van der Waals surface area contributed by atoms with Gasteiger partial charge in [0.15, 0.2) is 0 Å². The molecule has 2 aromatic carbocycles. The zero-order valence-corrected chi connectivity index (χ0v) is 11.7. The molecule has 2 rings (SSSR count). The van der Waals surface area contributed by atoms with Crippen molar-refractivity contribution < 1.29 is 18.7 Å². The van der Waals surface area contributed by atoms with E-state index in [1.54, 1.807) is 24.3 Å². The topological polar surface area (TPSA) is 79.5 Å². The van der Waals surface area contributed by atoms with E-state index in [1.165, 1.54) is 31.4 Å². The molecule has 0 aromatic heterocycles. The largest absolute Gasteiger partial charge is 0.497 e. The van der Waals surface area contributed by atoms with E-state index in [9.17, 15) is 14.0 Å². The third-order valence-electron chi connectivity index (χ3n) is 2.74. The van der Waals surface area contributed by atoms with Crippen LogP contribution < -0.4 is 20.9 Å². The Labute approximate surface area is 126 Å². The van der Waals surface area contributed by atoms with Crippen LogP contribution >= 0.6 is 0 Å². The number of hydrazine groups is 1. The lowest BCUT2D eigenvalue weighted by molar-refractivity contribution is 0.0938. The molecule has 0 aliphatic heterocycles. The molecule has 3 amide bonds. The van der Waals surface area contributed by atoms with Gasteiger partial charge < -0.3 is 10.1 Å². The Balaban J connectivity index is 1.84. The molecule has 0 unspecified atom stereocenters. The van der Waals surface area contributed by atoms with Crippen molar-refractivity contribution in [2.24, 2.45) is 0 Å². The highest BCUT2D eigenvalue weighted by Gasteiger charge is 2.07. The van der Waals surface area contributed by atoms with Crippen LogP contribution in [0.3, 0.4) is 0 Å². The molecule has 114 valence electrons. The summed E-state index contributed by atoms with van der Waals surface area (Å²) in [4.78, 5) is 23.4. The molecular formula is C15H14FN3O3. The van der Waals surface area contributed by atoms with Crippen molar-refractivity contribution in [3.05, 3.63) is 59.9 Å². The minimum Gasteiger partial charge on any atom is -0.497 e. The summed E-state index contributed by atoms with van der Waals surface area (Å²) < 4.78 is 17.7. The summed E-state index contributed by atoms with van der Waals surface area (Å²) >= 11 is 0. The number of anilines is 1. The van der Waals surface area contributed by atoms with Crippen LogP contribution in [0.4, 0.5) is 14.9 Å². The van der Waals surface area contributed by atoms with Gasteiger partial charge in [-0.05, 0) is 48.5 Å².